The fraction of sp³-hybridized carbons (Fsp3) is 0.875. The normalized spacial score (nSPS) is 11.7. The van der Waals surface area contributed by atoms with Gasteiger partial charge in [-0.2, -0.15) is 24.9 Å². The molecule has 0 aliphatic heterocycles. The molecule has 0 bridgehead atoms. The van der Waals surface area contributed by atoms with Crippen molar-refractivity contribution in [3.05, 3.63) is 0 Å². The lowest BCUT2D eigenvalue weighted by Gasteiger charge is -2.04. The molecule has 1 nitrogen and oxygen atoms in total. The number of rotatable bonds is 6. The molecule has 0 fully saturated rings. The van der Waals surface area contributed by atoms with Crippen molar-refractivity contribution in [1.82, 2.24) is 0 Å². The highest BCUT2D eigenvalue weighted by Crippen LogP contribution is 2.22. The van der Waals surface area contributed by atoms with Crippen molar-refractivity contribution in [3.63, 3.8) is 0 Å². The monoisotopic (exact) mass is 214 g/mol. The van der Waals surface area contributed by atoms with E-state index in [1.807, 2.05) is 6.92 Å². The fourth-order valence-electron chi connectivity index (χ4n) is 0.774. The average molecular weight is 214 g/mol. The van der Waals surface area contributed by atoms with Gasteiger partial charge in [0.2, 0.25) is 0 Å². The third kappa shape index (κ3) is 9.73. The number of carbonyl (C=O) groups is 1. The molecule has 0 amide bonds. The van der Waals surface area contributed by atoms with Crippen LogP contribution >= 0.6 is 11.8 Å². The van der Waals surface area contributed by atoms with E-state index in [9.17, 15) is 18.0 Å². The lowest BCUT2D eigenvalue weighted by molar-refractivity contribution is -0.136. The minimum atomic E-state index is -4.13. The van der Waals surface area contributed by atoms with Gasteiger partial charge in [0.25, 0.3) is 0 Å². The molecule has 0 aromatic carbocycles. The number of hydrogen-bond acceptors (Lipinski definition) is 2. The van der Waals surface area contributed by atoms with Gasteiger partial charge >= 0.3 is 6.18 Å². The highest BCUT2D eigenvalue weighted by Gasteiger charge is 2.26. The van der Waals surface area contributed by atoms with Crippen LogP contribution in [0.3, 0.4) is 0 Å². The van der Waals surface area contributed by atoms with Crippen molar-refractivity contribution in [1.29, 1.82) is 0 Å². The van der Waals surface area contributed by atoms with E-state index >= 15 is 0 Å². The van der Waals surface area contributed by atoms with Gasteiger partial charge in [0, 0.05) is 12.8 Å². The zero-order valence-electron chi connectivity index (χ0n) is 7.49. The Hall–Kier alpha value is -0.190. The summed E-state index contributed by atoms with van der Waals surface area (Å²) in [5.41, 5.74) is 0. The van der Waals surface area contributed by atoms with E-state index in [1.165, 1.54) is 11.8 Å². The average Bonchev–Trinajstić information content (AvgIpc) is 1.98. The van der Waals surface area contributed by atoms with Gasteiger partial charge in [-0.15, -0.1) is 0 Å². The van der Waals surface area contributed by atoms with Gasteiger partial charge in [-0.1, -0.05) is 6.92 Å². The second-order valence-corrected chi connectivity index (χ2v) is 3.92. The van der Waals surface area contributed by atoms with Crippen LogP contribution in [0.5, 0.6) is 0 Å². The van der Waals surface area contributed by atoms with Crippen LogP contribution in [0.4, 0.5) is 13.2 Å². The Kier molecular flexibility index (Phi) is 6.20. The number of Topliss-reactive ketones (excluding diaryl/α,β-unsaturated/α-hetero) is 1. The topological polar surface area (TPSA) is 17.1 Å². The van der Waals surface area contributed by atoms with Crippen molar-refractivity contribution in [3.8, 4) is 0 Å². The Balaban J connectivity index is 3.37. The van der Waals surface area contributed by atoms with Gasteiger partial charge in [0.1, 0.15) is 5.78 Å². The first-order valence-corrected chi connectivity index (χ1v) is 5.27. The number of halogens is 3. The molecule has 0 aliphatic rings. The molecule has 0 atom stereocenters. The van der Waals surface area contributed by atoms with E-state index in [0.29, 0.717) is 5.75 Å². The number of ketones is 1. The summed E-state index contributed by atoms with van der Waals surface area (Å²) in [7, 11) is 0. The van der Waals surface area contributed by atoms with E-state index in [2.05, 4.69) is 0 Å². The quantitative estimate of drug-likeness (QED) is 0.676. The first kappa shape index (κ1) is 12.8. The lowest BCUT2D eigenvalue weighted by Crippen LogP contribution is -2.09. The molecule has 0 heterocycles. The maximum Gasteiger partial charge on any atom is 0.389 e. The van der Waals surface area contributed by atoms with E-state index in [0.717, 1.165) is 5.75 Å². The molecule has 0 unspecified atom stereocenters. The molecule has 0 N–H and O–H groups in total. The van der Waals surface area contributed by atoms with Gasteiger partial charge in [-0.05, 0) is 12.2 Å². The molecular formula is C8H13F3OS. The number of thioether (sulfide) groups is 1. The summed E-state index contributed by atoms with van der Waals surface area (Å²) in [6.45, 7) is 1.91. The summed E-state index contributed by atoms with van der Waals surface area (Å²) in [5.74, 6) is 1.08. The molecule has 13 heavy (non-hydrogen) atoms. The zero-order valence-corrected chi connectivity index (χ0v) is 8.30. The maximum absolute atomic E-state index is 11.6. The lowest BCUT2D eigenvalue weighted by atomic mass is 10.2. The van der Waals surface area contributed by atoms with Gasteiger partial charge in [0.15, 0.2) is 0 Å². The van der Waals surface area contributed by atoms with Crippen LogP contribution in [0, 0.1) is 0 Å². The molecule has 0 aromatic rings. The van der Waals surface area contributed by atoms with Crippen molar-refractivity contribution < 1.29 is 18.0 Å². The molecule has 78 valence electrons. The highest BCUT2D eigenvalue weighted by atomic mass is 32.2. The predicted octanol–water partition coefficient (Wildman–Crippen LogP) is 3.04. The Morgan fingerprint density at radius 1 is 1.38 bits per heavy atom. The van der Waals surface area contributed by atoms with E-state index in [4.69, 9.17) is 0 Å². The van der Waals surface area contributed by atoms with Crippen molar-refractivity contribution >= 4 is 17.5 Å². The highest BCUT2D eigenvalue weighted by molar-refractivity contribution is 7.99. The molecule has 5 heteroatoms. The predicted molar refractivity (Wildman–Crippen MR) is 47.9 cm³/mol. The Labute approximate surface area is 80.1 Å². The molecular weight excluding hydrogens is 201 g/mol. The van der Waals surface area contributed by atoms with Crippen LogP contribution in [0.15, 0.2) is 0 Å². The summed E-state index contributed by atoms with van der Waals surface area (Å²) >= 11 is 1.44. The molecule has 0 spiro atoms. The van der Waals surface area contributed by atoms with E-state index < -0.39 is 12.6 Å². The Bertz CT molecular complexity index is 156. The summed E-state index contributed by atoms with van der Waals surface area (Å²) < 4.78 is 34.9. The zero-order chi connectivity index (χ0) is 10.3. The second-order valence-electron chi connectivity index (χ2n) is 2.64. The summed E-state index contributed by atoms with van der Waals surface area (Å²) in [6.07, 6.45) is -5.01. The standard InChI is InChI=1S/C8H13F3OS/c1-2-13-6-7(12)4-3-5-8(9,10)11/h2-6H2,1H3. The number of hydrogen-bond donors (Lipinski definition) is 0. The fourth-order valence-corrected chi connectivity index (χ4v) is 1.35. The van der Waals surface area contributed by atoms with Crippen molar-refractivity contribution in [2.45, 2.75) is 32.4 Å². The van der Waals surface area contributed by atoms with Crippen LogP contribution in [0.2, 0.25) is 0 Å². The Morgan fingerprint density at radius 3 is 2.46 bits per heavy atom. The third-order valence-corrected chi connectivity index (χ3v) is 2.32. The molecule has 0 saturated heterocycles. The number of carbonyl (C=O) groups excluding carboxylic acids is 1. The minimum absolute atomic E-state index is 0.0481. The maximum atomic E-state index is 11.6. The van der Waals surface area contributed by atoms with Gasteiger partial charge in [0.05, 0.1) is 5.75 Å². The van der Waals surface area contributed by atoms with Crippen LogP contribution in [0.25, 0.3) is 0 Å². The van der Waals surface area contributed by atoms with Crippen LogP contribution < -0.4 is 0 Å². The molecule has 0 aliphatic carbocycles. The van der Waals surface area contributed by atoms with Crippen LogP contribution in [-0.4, -0.2) is 23.5 Å². The van der Waals surface area contributed by atoms with Crippen LogP contribution in [0.1, 0.15) is 26.2 Å². The molecule has 0 rings (SSSR count). The van der Waals surface area contributed by atoms with Gasteiger partial charge in [-0.25, -0.2) is 0 Å². The van der Waals surface area contributed by atoms with Gasteiger partial charge < -0.3 is 0 Å². The first-order valence-electron chi connectivity index (χ1n) is 4.12. The number of alkyl halides is 3. The van der Waals surface area contributed by atoms with E-state index in [1.54, 1.807) is 0 Å². The molecule has 0 saturated carbocycles. The van der Waals surface area contributed by atoms with Crippen LogP contribution in [-0.2, 0) is 4.79 Å². The smallest absolute Gasteiger partial charge is 0.299 e. The van der Waals surface area contributed by atoms with Gasteiger partial charge in [-0.3, -0.25) is 4.79 Å². The molecule has 0 radical (unpaired) electrons. The first-order chi connectivity index (χ1) is 5.95. The summed E-state index contributed by atoms with van der Waals surface area (Å²) in [5, 5.41) is 0. The largest absolute Gasteiger partial charge is 0.389 e. The second kappa shape index (κ2) is 6.29. The Morgan fingerprint density at radius 2 is 2.00 bits per heavy atom. The van der Waals surface area contributed by atoms with Crippen molar-refractivity contribution in [2.75, 3.05) is 11.5 Å². The minimum Gasteiger partial charge on any atom is -0.299 e. The third-order valence-electron chi connectivity index (χ3n) is 1.38. The summed E-state index contributed by atoms with van der Waals surface area (Å²) in [4.78, 5) is 10.9. The molecule has 0 aromatic heterocycles. The van der Waals surface area contributed by atoms with Crippen molar-refractivity contribution in [2.24, 2.45) is 0 Å². The van der Waals surface area contributed by atoms with E-state index in [-0.39, 0.29) is 18.6 Å². The SMILES string of the molecule is CCSCC(=O)CCCC(F)(F)F. The summed E-state index contributed by atoms with van der Waals surface area (Å²) in [6, 6.07) is 0.